The summed E-state index contributed by atoms with van der Waals surface area (Å²) in [6, 6.07) is 12.9. The third-order valence-electron chi connectivity index (χ3n) is 5.93. The number of nitrogens with zero attached hydrogens (tertiary/aromatic N) is 2. The molecule has 6 heteroatoms. The lowest BCUT2D eigenvalue weighted by Crippen LogP contribution is -2.30. The van der Waals surface area contributed by atoms with Gasteiger partial charge in [0, 0.05) is 17.1 Å². The zero-order valence-electron chi connectivity index (χ0n) is 16.6. The Morgan fingerprint density at radius 2 is 1.93 bits per heavy atom. The maximum absolute atomic E-state index is 13.4. The highest BCUT2D eigenvalue weighted by Crippen LogP contribution is 2.31. The van der Waals surface area contributed by atoms with Crippen LogP contribution in [0.2, 0.25) is 5.02 Å². The van der Waals surface area contributed by atoms with Gasteiger partial charge in [0.25, 0.3) is 5.56 Å². The number of aromatic nitrogens is 2. The highest BCUT2D eigenvalue weighted by Gasteiger charge is 2.23. The van der Waals surface area contributed by atoms with Crippen LogP contribution in [-0.4, -0.2) is 23.2 Å². The third kappa shape index (κ3) is 4.16. The molecule has 2 N–H and O–H groups in total. The molecular formula is C23H26ClN3O2. The predicted molar refractivity (Wildman–Crippen MR) is 118 cm³/mol. The van der Waals surface area contributed by atoms with Crippen LogP contribution in [0.3, 0.4) is 0 Å². The summed E-state index contributed by atoms with van der Waals surface area (Å²) in [6.07, 6.45) is 4.52. The van der Waals surface area contributed by atoms with Crippen LogP contribution in [0.1, 0.15) is 25.7 Å². The van der Waals surface area contributed by atoms with Gasteiger partial charge in [-0.05, 0) is 80.1 Å². The lowest BCUT2D eigenvalue weighted by Gasteiger charge is -2.29. The van der Waals surface area contributed by atoms with E-state index in [0.717, 1.165) is 30.6 Å². The van der Waals surface area contributed by atoms with Crippen LogP contribution in [0, 0.1) is 11.8 Å². The van der Waals surface area contributed by atoms with E-state index in [-0.39, 0.29) is 5.56 Å². The van der Waals surface area contributed by atoms with E-state index >= 15 is 0 Å². The van der Waals surface area contributed by atoms with Crippen LogP contribution in [0.25, 0.3) is 22.3 Å². The molecule has 3 aromatic rings. The highest BCUT2D eigenvalue weighted by molar-refractivity contribution is 6.31. The molecule has 1 aliphatic rings. The average molecular weight is 412 g/mol. The summed E-state index contributed by atoms with van der Waals surface area (Å²) >= 11 is 6.16. The number of rotatable bonds is 5. The van der Waals surface area contributed by atoms with E-state index in [4.69, 9.17) is 27.1 Å². The summed E-state index contributed by atoms with van der Waals surface area (Å²) in [5.41, 5.74) is 7.40. The molecule has 1 aliphatic carbocycles. The quantitative estimate of drug-likeness (QED) is 0.671. The zero-order valence-corrected chi connectivity index (χ0v) is 17.4. The second-order valence-corrected chi connectivity index (χ2v) is 8.31. The molecule has 0 saturated heterocycles. The van der Waals surface area contributed by atoms with Crippen molar-refractivity contribution in [2.75, 3.05) is 13.7 Å². The van der Waals surface area contributed by atoms with Crippen molar-refractivity contribution < 1.29 is 4.74 Å². The van der Waals surface area contributed by atoms with Crippen LogP contribution < -0.4 is 16.0 Å². The number of hydrogen-bond donors (Lipinski definition) is 1. The van der Waals surface area contributed by atoms with Crippen molar-refractivity contribution in [3.05, 3.63) is 57.8 Å². The second-order valence-electron chi connectivity index (χ2n) is 7.88. The van der Waals surface area contributed by atoms with Crippen molar-refractivity contribution in [2.24, 2.45) is 17.6 Å². The first-order valence-electron chi connectivity index (χ1n) is 10.1. The van der Waals surface area contributed by atoms with Crippen LogP contribution >= 0.6 is 11.6 Å². The van der Waals surface area contributed by atoms with E-state index in [9.17, 15) is 4.79 Å². The minimum atomic E-state index is -0.0210. The number of nitrogens with two attached hydrogens (primary N) is 1. The minimum absolute atomic E-state index is 0.0210. The van der Waals surface area contributed by atoms with Crippen molar-refractivity contribution in [1.82, 2.24) is 9.55 Å². The minimum Gasteiger partial charge on any atom is -0.497 e. The van der Waals surface area contributed by atoms with Crippen LogP contribution in [0.5, 0.6) is 5.75 Å². The topological polar surface area (TPSA) is 70.1 Å². The Balaban J connectivity index is 1.82. The number of fused-ring (bicyclic) bond motifs is 1. The van der Waals surface area contributed by atoms with E-state index in [0.29, 0.717) is 46.7 Å². The number of hydrogen-bond acceptors (Lipinski definition) is 4. The molecule has 0 radical (unpaired) electrons. The van der Waals surface area contributed by atoms with E-state index in [1.807, 2.05) is 28.8 Å². The number of methoxy groups -OCH3 is 1. The van der Waals surface area contributed by atoms with Gasteiger partial charge in [0.15, 0.2) is 0 Å². The van der Waals surface area contributed by atoms with Gasteiger partial charge in [-0.2, -0.15) is 0 Å². The van der Waals surface area contributed by atoms with E-state index in [1.54, 1.807) is 25.3 Å². The zero-order chi connectivity index (χ0) is 20.4. The van der Waals surface area contributed by atoms with Gasteiger partial charge >= 0.3 is 0 Å². The van der Waals surface area contributed by atoms with Gasteiger partial charge in [-0.15, -0.1) is 0 Å². The molecule has 1 heterocycles. The predicted octanol–water partition coefficient (Wildman–Crippen LogP) is 4.49. The monoisotopic (exact) mass is 411 g/mol. The number of halogens is 1. The lowest BCUT2D eigenvalue weighted by molar-refractivity contribution is 0.246. The summed E-state index contributed by atoms with van der Waals surface area (Å²) < 4.78 is 7.11. The van der Waals surface area contributed by atoms with Gasteiger partial charge in [0.2, 0.25) is 0 Å². The molecule has 0 bridgehead atoms. The van der Waals surface area contributed by atoms with Gasteiger partial charge in [-0.3, -0.25) is 9.36 Å². The Bertz CT molecular complexity index is 1060. The Morgan fingerprint density at radius 3 is 2.66 bits per heavy atom. The van der Waals surface area contributed by atoms with Gasteiger partial charge in [0.05, 0.1) is 18.0 Å². The Labute approximate surface area is 175 Å². The molecule has 0 amide bonds. The van der Waals surface area contributed by atoms with E-state index in [1.165, 1.54) is 6.42 Å². The summed E-state index contributed by atoms with van der Waals surface area (Å²) in [6.45, 7) is 1.37. The molecule has 152 valence electrons. The molecule has 1 aromatic heterocycles. The van der Waals surface area contributed by atoms with Crippen molar-refractivity contribution in [2.45, 2.75) is 32.2 Å². The fourth-order valence-electron chi connectivity index (χ4n) is 4.36. The maximum Gasteiger partial charge on any atom is 0.261 e. The molecule has 2 unspecified atom stereocenters. The van der Waals surface area contributed by atoms with Gasteiger partial charge in [-0.1, -0.05) is 18.0 Å². The third-order valence-corrected chi connectivity index (χ3v) is 6.17. The van der Waals surface area contributed by atoms with E-state index in [2.05, 4.69) is 0 Å². The van der Waals surface area contributed by atoms with Crippen molar-refractivity contribution in [1.29, 1.82) is 0 Å². The first-order chi connectivity index (χ1) is 14.1. The Hall–Kier alpha value is -2.37. The van der Waals surface area contributed by atoms with Gasteiger partial charge in [-0.25, -0.2) is 4.98 Å². The van der Waals surface area contributed by atoms with Crippen molar-refractivity contribution >= 4 is 22.5 Å². The molecule has 0 spiro atoms. The summed E-state index contributed by atoms with van der Waals surface area (Å²) in [4.78, 5) is 18.3. The first kappa shape index (κ1) is 19.9. The van der Waals surface area contributed by atoms with Crippen LogP contribution in [-0.2, 0) is 6.54 Å². The molecule has 1 fully saturated rings. The molecule has 4 rings (SSSR count). The molecule has 5 nitrogen and oxygen atoms in total. The average Bonchev–Trinajstić information content (AvgIpc) is 2.75. The molecule has 1 saturated carbocycles. The molecule has 2 atom stereocenters. The van der Waals surface area contributed by atoms with Gasteiger partial charge in [0.1, 0.15) is 11.6 Å². The second kappa shape index (κ2) is 8.56. The Kier molecular flexibility index (Phi) is 5.88. The molecule has 29 heavy (non-hydrogen) atoms. The Morgan fingerprint density at radius 1 is 1.17 bits per heavy atom. The molecule has 0 aliphatic heterocycles. The highest BCUT2D eigenvalue weighted by atomic mass is 35.5. The number of benzene rings is 2. The normalized spacial score (nSPS) is 19.4. The fraction of sp³-hybridized carbons (Fsp3) is 0.391. The SMILES string of the molecule is COc1ccc(-c2nc3cc(Cl)ccc3c(=O)n2CC2CCCC(CN)C2)cc1. The van der Waals surface area contributed by atoms with Crippen LogP contribution in [0.15, 0.2) is 47.3 Å². The molecule has 2 aromatic carbocycles. The van der Waals surface area contributed by atoms with Gasteiger partial charge < -0.3 is 10.5 Å². The summed E-state index contributed by atoms with van der Waals surface area (Å²) in [5.74, 6) is 2.41. The summed E-state index contributed by atoms with van der Waals surface area (Å²) in [5, 5.41) is 1.17. The standard InChI is InChI=1S/C23H26ClN3O2/c1-29-19-8-5-17(6-9-19)22-26-21-12-18(24)7-10-20(21)23(28)27(22)14-16-4-2-3-15(11-16)13-25/h5-10,12,15-16H,2-4,11,13-14,25H2,1H3. The van der Waals surface area contributed by atoms with Crippen molar-refractivity contribution in [3.63, 3.8) is 0 Å². The largest absolute Gasteiger partial charge is 0.497 e. The smallest absolute Gasteiger partial charge is 0.261 e. The van der Waals surface area contributed by atoms with Crippen LogP contribution in [0.4, 0.5) is 0 Å². The maximum atomic E-state index is 13.4. The first-order valence-corrected chi connectivity index (χ1v) is 10.5. The fourth-order valence-corrected chi connectivity index (χ4v) is 4.53. The van der Waals surface area contributed by atoms with E-state index < -0.39 is 0 Å². The van der Waals surface area contributed by atoms with Crippen molar-refractivity contribution in [3.8, 4) is 17.1 Å². The number of ether oxygens (including phenoxy) is 1. The lowest BCUT2D eigenvalue weighted by atomic mass is 9.81. The summed E-state index contributed by atoms with van der Waals surface area (Å²) in [7, 11) is 1.64. The molecular weight excluding hydrogens is 386 g/mol.